The summed E-state index contributed by atoms with van der Waals surface area (Å²) in [4.78, 5) is 27.4. The van der Waals surface area contributed by atoms with Gasteiger partial charge in [0.05, 0.1) is 6.54 Å². The second-order valence-corrected chi connectivity index (χ2v) is 8.14. The zero-order valence-corrected chi connectivity index (χ0v) is 16.4. The van der Waals surface area contributed by atoms with Crippen LogP contribution in [0, 0.1) is 0 Å². The molecule has 6 nitrogen and oxygen atoms in total. The van der Waals surface area contributed by atoms with E-state index < -0.39 is 5.97 Å². The van der Waals surface area contributed by atoms with Crippen molar-refractivity contribution in [1.82, 2.24) is 15.1 Å². The lowest BCUT2D eigenvalue weighted by Crippen LogP contribution is -2.57. The number of piperidine rings is 1. The average Bonchev–Trinajstić information content (AvgIpc) is 2.63. The number of carboxylic acid groups (broad SMARTS) is 1. The number of likely N-dealkylation sites (tertiary alicyclic amines) is 1. The van der Waals surface area contributed by atoms with Gasteiger partial charge in [-0.25, -0.2) is 4.79 Å². The number of carbonyl (C=O) groups excluding carboxylic acids is 1. The molecule has 1 aliphatic heterocycles. The van der Waals surface area contributed by atoms with Gasteiger partial charge in [-0.2, -0.15) is 0 Å². The summed E-state index contributed by atoms with van der Waals surface area (Å²) in [6.45, 7) is 6.61. The standard InChI is InChI=1S/C21H31N3O3/c1-3-23(15-19(25)26)18-13-17(14-18)22-20(27)24-11-9-21(2,10-12-24)16-7-5-4-6-8-16/h4-8,17-18H,3,9-15H2,1-2H3,(H,22,27)(H,25,26). The van der Waals surface area contributed by atoms with E-state index in [0.29, 0.717) is 0 Å². The molecule has 3 rings (SSSR count). The molecule has 1 saturated heterocycles. The van der Waals surface area contributed by atoms with Crippen LogP contribution >= 0.6 is 0 Å². The van der Waals surface area contributed by atoms with Gasteiger partial charge in [0.15, 0.2) is 0 Å². The first kappa shape index (κ1) is 19.7. The van der Waals surface area contributed by atoms with Crippen LogP contribution in [0.25, 0.3) is 0 Å². The molecule has 0 spiro atoms. The minimum atomic E-state index is -0.792. The van der Waals surface area contributed by atoms with Crippen LogP contribution in [0.4, 0.5) is 4.79 Å². The highest BCUT2D eigenvalue weighted by Gasteiger charge is 2.37. The van der Waals surface area contributed by atoms with Crippen LogP contribution in [0.1, 0.15) is 45.1 Å². The highest BCUT2D eigenvalue weighted by Crippen LogP contribution is 2.35. The average molecular weight is 373 g/mol. The SMILES string of the molecule is CCN(CC(=O)O)C1CC(NC(=O)N2CCC(C)(c3ccccc3)CC2)C1. The van der Waals surface area contributed by atoms with Crippen LogP contribution in [0.2, 0.25) is 0 Å². The van der Waals surface area contributed by atoms with E-state index >= 15 is 0 Å². The fraction of sp³-hybridized carbons (Fsp3) is 0.619. The van der Waals surface area contributed by atoms with Crippen molar-refractivity contribution in [1.29, 1.82) is 0 Å². The normalized spacial score (nSPS) is 24.3. The predicted octanol–water partition coefficient (Wildman–Crippen LogP) is 2.69. The molecule has 1 aliphatic carbocycles. The Morgan fingerprint density at radius 2 is 1.85 bits per heavy atom. The predicted molar refractivity (Wildman–Crippen MR) is 105 cm³/mol. The molecule has 148 valence electrons. The van der Waals surface area contributed by atoms with E-state index in [4.69, 9.17) is 5.11 Å². The molecule has 2 aliphatic rings. The Morgan fingerprint density at radius 1 is 1.22 bits per heavy atom. The molecule has 1 heterocycles. The maximum absolute atomic E-state index is 12.6. The molecule has 0 atom stereocenters. The van der Waals surface area contributed by atoms with Crippen molar-refractivity contribution in [3.63, 3.8) is 0 Å². The first-order chi connectivity index (χ1) is 12.9. The number of nitrogens with one attached hydrogen (secondary N) is 1. The highest BCUT2D eigenvalue weighted by atomic mass is 16.4. The van der Waals surface area contributed by atoms with Gasteiger partial charge in [-0.15, -0.1) is 0 Å². The van der Waals surface area contributed by atoms with Crippen molar-refractivity contribution in [2.75, 3.05) is 26.2 Å². The zero-order valence-electron chi connectivity index (χ0n) is 16.4. The molecule has 6 heteroatoms. The summed E-state index contributed by atoms with van der Waals surface area (Å²) >= 11 is 0. The fourth-order valence-corrected chi connectivity index (χ4v) is 4.28. The smallest absolute Gasteiger partial charge is 0.317 e. The largest absolute Gasteiger partial charge is 0.480 e. The van der Waals surface area contributed by atoms with Crippen molar-refractivity contribution in [3.05, 3.63) is 35.9 Å². The number of benzene rings is 1. The summed E-state index contributed by atoms with van der Waals surface area (Å²) in [6, 6.07) is 11.0. The number of nitrogens with zero attached hydrogens (tertiary/aromatic N) is 2. The molecule has 0 bridgehead atoms. The molecule has 1 saturated carbocycles. The summed E-state index contributed by atoms with van der Waals surface area (Å²) in [6.07, 6.45) is 3.62. The first-order valence-electron chi connectivity index (χ1n) is 9.98. The maximum Gasteiger partial charge on any atom is 0.317 e. The van der Waals surface area contributed by atoms with Crippen LogP contribution in [-0.4, -0.2) is 65.2 Å². The van der Waals surface area contributed by atoms with Crippen molar-refractivity contribution < 1.29 is 14.7 Å². The van der Waals surface area contributed by atoms with Gasteiger partial charge in [0.2, 0.25) is 0 Å². The molecule has 2 fully saturated rings. The highest BCUT2D eigenvalue weighted by molar-refractivity contribution is 5.75. The number of hydrogen-bond donors (Lipinski definition) is 2. The Balaban J connectivity index is 1.44. The Bertz CT molecular complexity index is 650. The summed E-state index contributed by atoms with van der Waals surface area (Å²) in [7, 11) is 0. The fourth-order valence-electron chi connectivity index (χ4n) is 4.28. The van der Waals surface area contributed by atoms with Crippen LogP contribution < -0.4 is 5.32 Å². The summed E-state index contributed by atoms with van der Waals surface area (Å²) in [5, 5.41) is 12.1. The lowest BCUT2D eigenvalue weighted by Gasteiger charge is -2.44. The maximum atomic E-state index is 12.6. The van der Waals surface area contributed by atoms with Crippen molar-refractivity contribution >= 4 is 12.0 Å². The minimum Gasteiger partial charge on any atom is -0.480 e. The number of amides is 2. The van der Waals surface area contributed by atoms with Crippen LogP contribution in [0.5, 0.6) is 0 Å². The Hall–Kier alpha value is -2.08. The van der Waals surface area contributed by atoms with E-state index in [1.165, 1.54) is 5.56 Å². The van der Waals surface area contributed by atoms with E-state index in [2.05, 4.69) is 36.5 Å². The molecule has 0 aromatic heterocycles. The number of carboxylic acids is 1. The summed E-state index contributed by atoms with van der Waals surface area (Å²) in [5.41, 5.74) is 1.49. The Labute approximate surface area is 161 Å². The molecule has 2 amide bonds. The van der Waals surface area contributed by atoms with Gasteiger partial charge in [0, 0.05) is 25.2 Å². The number of urea groups is 1. The third-order valence-corrected chi connectivity index (χ3v) is 6.33. The minimum absolute atomic E-state index is 0.0230. The topological polar surface area (TPSA) is 72.9 Å². The van der Waals surface area contributed by atoms with E-state index in [0.717, 1.165) is 45.3 Å². The quantitative estimate of drug-likeness (QED) is 0.804. The van der Waals surface area contributed by atoms with Gasteiger partial charge < -0.3 is 15.3 Å². The molecule has 27 heavy (non-hydrogen) atoms. The Kier molecular flexibility index (Phi) is 6.05. The molecule has 1 aromatic carbocycles. The van der Waals surface area contributed by atoms with Gasteiger partial charge >= 0.3 is 12.0 Å². The van der Waals surface area contributed by atoms with Gasteiger partial charge in [-0.3, -0.25) is 9.69 Å². The molecule has 2 N–H and O–H groups in total. The van der Waals surface area contributed by atoms with E-state index in [9.17, 15) is 9.59 Å². The van der Waals surface area contributed by atoms with Crippen molar-refractivity contribution in [3.8, 4) is 0 Å². The number of aliphatic carboxylic acids is 1. The van der Waals surface area contributed by atoms with Crippen LogP contribution in [-0.2, 0) is 10.2 Å². The summed E-state index contributed by atoms with van der Waals surface area (Å²) in [5.74, 6) is -0.792. The van der Waals surface area contributed by atoms with Crippen LogP contribution in [0.15, 0.2) is 30.3 Å². The molecular formula is C21H31N3O3. The number of hydrogen-bond acceptors (Lipinski definition) is 3. The number of carbonyl (C=O) groups is 2. The van der Waals surface area contributed by atoms with Gasteiger partial charge in [0.25, 0.3) is 0 Å². The van der Waals surface area contributed by atoms with E-state index in [-0.39, 0.29) is 30.1 Å². The van der Waals surface area contributed by atoms with Crippen molar-refractivity contribution in [2.24, 2.45) is 0 Å². The lowest BCUT2D eigenvalue weighted by molar-refractivity contribution is -0.139. The van der Waals surface area contributed by atoms with E-state index in [1.54, 1.807) is 0 Å². The van der Waals surface area contributed by atoms with Gasteiger partial charge in [-0.05, 0) is 43.2 Å². The molecule has 0 unspecified atom stereocenters. The Morgan fingerprint density at radius 3 is 2.41 bits per heavy atom. The molecule has 1 aromatic rings. The first-order valence-corrected chi connectivity index (χ1v) is 9.98. The zero-order chi connectivity index (χ0) is 19.4. The second kappa shape index (κ2) is 8.30. The van der Waals surface area contributed by atoms with Gasteiger partial charge in [0.1, 0.15) is 0 Å². The van der Waals surface area contributed by atoms with Crippen LogP contribution in [0.3, 0.4) is 0 Å². The molecule has 0 radical (unpaired) electrons. The van der Waals surface area contributed by atoms with Gasteiger partial charge in [-0.1, -0.05) is 44.2 Å². The van der Waals surface area contributed by atoms with E-state index in [1.807, 2.05) is 22.8 Å². The second-order valence-electron chi connectivity index (χ2n) is 8.14. The third kappa shape index (κ3) is 4.61. The van der Waals surface area contributed by atoms with Crippen molar-refractivity contribution in [2.45, 2.75) is 57.0 Å². The molecular weight excluding hydrogens is 342 g/mol. The number of likely N-dealkylation sites (N-methyl/N-ethyl adjacent to an activating group) is 1. The lowest BCUT2D eigenvalue weighted by atomic mass is 9.74. The third-order valence-electron chi connectivity index (χ3n) is 6.33. The number of rotatable bonds is 6. The summed E-state index contributed by atoms with van der Waals surface area (Å²) < 4.78 is 0. The monoisotopic (exact) mass is 373 g/mol.